The minimum absolute atomic E-state index is 0.186. The zero-order chi connectivity index (χ0) is 25.5. The molecule has 0 saturated carbocycles. The van der Waals surface area contributed by atoms with Crippen molar-refractivity contribution in [1.82, 2.24) is 14.4 Å². The fraction of sp³-hybridized carbons (Fsp3) is 0.276. The van der Waals surface area contributed by atoms with E-state index in [0.29, 0.717) is 23.7 Å². The summed E-state index contributed by atoms with van der Waals surface area (Å²) >= 11 is 1.85. The lowest BCUT2D eigenvalue weighted by atomic mass is 10.0. The molecule has 0 bridgehead atoms. The maximum absolute atomic E-state index is 14.2. The number of rotatable bonds is 4. The highest BCUT2D eigenvalue weighted by atomic mass is 32.1. The van der Waals surface area contributed by atoms with E-state index in [1.807, 2.05) is 40.5 Å². The molecule has 1 N–H and O–H groups in total. The van der Waals surface area contributed by atoms with Crippen molar-refractivity contribution in [2.75, 3.05) is 33.1 Å². The number of carbonyl (C=O) groups is 1. The summed E-state index contributed by atoms with van der Waals surface area (Å²) in [5.74, 6) is 1.24. The molecule has 2 aromatic heterocycles. The van der Waals surface area contributed by atoms with Gasteiger partial charge in [0.2, 0.25) is 0 Å². The average Bonchev–Trinajstić information content (AvgIpc) is 3.50. The van der Waals surface area contributed by atoms with Crippen LogP contribution in [0.25, 0.3) is 5.00 Å². The number of carbonyl (C=O) groups excluding carboxylic acids is 1. The number of fused-ring (bicyclic) bond motifs is 5. The zero-order valence-corrected chi connectivity index (χ0v) is 22.0. The van der Waals surface area contributed by atoms with Crippen molar-refractivity contribution in [3.63, 3.8) is 0 Å². The molecule has 190 valence electrons. The average molecular weight is 515 g/mol. The van der Waals surface area contributed by atoms with Gasteiger partial charge in [0.05, 0.1) is 38.2 Å². The number of urea groups is 1. The van der Waals surface area contributed by atoms with E-state index in [9.17, 15) is 4.79 Å². The molecule has 0 fully saturated rings. The molecule has 37 heavy (non-hydrogen) atoms. The van der Waals surface area contributed by atoms with Gasteiger partial charge in [-0.1, -0.05) is 30.3 Å². The number of amides is 2. The number of aromatic nitrogens is 1. The van der Waals surface area contributed by atoms with Crippen LogP contribution in [0.3, 0.4) is 0 Å². The summed E-state index contributed by atoms with van der Waals surface area (Å²) in [5.41, 5.74) is 5.36. The maximum Gasteiger partial charge on any atom is 0.323 e. The molecular formula is C29H30N4O3S. The van der Waals surface area contributed by atoms with Crippen molar-refractivity contribution < 1.29 is 14.3 Å². The first-order valence-corrected chi connectivity index (χ1v) is 13.2. The number of anilines is 1. The van der Waals surface area contributed by atoms with Crippen molar-refractivity contribution in [2.24, 2.45) is 0 Å². The van der Waals surface area contributed by atoms with Crippen LogP contribution in [0.1, 0.15) is 33.3 Å². The second-order valence-electron chi connectivity index (χ2n) is 9.52. The molecule has 7 nitrogen and oxygen atoms in total. The smallest absolute Gasteiger partial charge is 0.323 e. The van der Waals surface area contributed by atoms with E-state index in [-0.39, 0.29) is 12.1 Å². The van der Waals surface area contributed by atoms with Crippen LogP contribution in [0.5, 0.6) is 11.5 Å². The Labute approximate surface area is 220 Å². The summed E-state index contributed by atoms with van der Waals surface area (Å²) in [4.78, 5) is 19.9. The number of likely N-dealkylation sites (N-methyl/N-ethyl adjacent to an activating group) is 1. The van der Waals surface area contributed by atoms with E-state index in [2.05, 4.69) is 52.3 Å². The lowest BCUT2D eigenvalue weighted by Gasteiger charge is -2.32. The molecule has 0 radical (unpaired) electrons. The van der Waals surface area contributed by atoms with Crippen LogP contribution >= 0.6 is 11.3 Å². The van der Waals surface area contributed by atoms with Crippen LogP contribution in [-0.4, -0.2) is 48.2 Å². The molecule has 2 amide bonds. The van der Waals surface area contributed by atoms with Crippen molar-refractivity contribution in [3.05, 3.63) is 94.1 Å². The summed E-state index contributed by atoms with van der Waals surface area (Å²) in [7, 11) is 5.38. The number of methoxy groups -OCH3 is 2. The normalized spacial score (nSPS) is 16.8. The van der Waals surface area contributed by atoms with E-state index < -0.39 is 0 Å². The van der Waals surface area contributed by atoms with E-state index >= 15 is 0 Å². The standard InChI is InChI=1S/C29H30N4O3S/c1-31-15-13-21-22-17-33(29(34)30-23-16-20(35-2)11-12-25(23)36-3)27(19-8-5-4-6-9-19)24-10-7-14-32(24)28(22)37-26(21)18-31/h4-12,14,16,27H,13,15,17-18H2,1-3H3,(H,30,34)/t27-/m0/s1. The van der Waals surface area contributed by atoms with Gasteiger partial charge >= 0.3 is 6.03 Å². The van der Waals surface area contributed by atoms with Gasteiger partial charge in [0.1, 0.15) is 16.5 Å². The van der Waals surface area contributed by atoms with Crippen LogP contribution in [-0.2, 0) is 19.5 Å². The molecule has 0 spiro atoms. The molecule has 2 aliphatic rings. The minimum Gasteiger partial charge on any atom is -0.497 e. The monoisotopic (exact) mass is 514 g/mol. The predicted octanol–water partition coefficient (Wildman–Crippen LogP) is 5.68. The third-order valence-corrected chi connectivity index (χ3v) is 8.54. The van der Waals surface area contributed by atoms with Gasteiger partial charge < -0.3 is 29.2 Å². The summed E-state index contributed by atoms with van der Waals surface area (Å²) < 4.78 is 13.2. The van der Waals surface area contributed by atoms with Gasteiger partial charge in [-0.15, -0.1) is 11.3 Å². The highest BCUT2D eigenvalue weighted by molar-refractivity contribution is 7.15. The molecular weight excluding hydrogens is 484 g/mol. The molecule has 6 rings (SSSR count). The van der Waals surface area contributed by atoms with E-state index in [0.717, 1.165) is 30.8 Å². The molecule has 1 atom stereocenters. The van der Waals surface area contributed by atoms with Crippen molar-refractivity contribution >= 4 is 23.1 Å². The second kappa shape index (κ2) is 9.61. The largest absolute Gasteiger partial charge is 0.497 e. The number of benzene rings is 2. The third-order valence-electron chi connectivity index (χ3n) is 7.28. The van der Waals surface area contributed by atoms with Crippen molar-refractivity contribution in [2.45, 2.75) is 25.6 Å². The molecule has 4 aromatic rings. The van der Waals surface area contributed by atoms with Gasteiger partial charge in [0.25, 0.3) is 0 Å². The van der Waals surface area contributed by atoms with Crippen LogP contribution in [0.2, 0.25) is 0 Å². The Morgan fingerprint density at radius 3 is 2.62 bits per heavy atom. The van der Waals surface area contributed by atoms with Crippen LogP contribution in [0, 0.1) is 0 Å². The maximum atomic E-state index is 14.2. The molecule has 0 unspecified atom stereocenters. The first-order valence-electron chi connectivity index (χ1n) is 12.4. The highest BCUT2D eigenvalue weighted by Gasteiger charge is 2.36. The third kappa shape index (κ3) is 4.16. The molecule has 0 saturated heterocycles. The Bertz CT molecular complexity index is 1440. The number of ether oxygens (including phenoxy) is 2. The quantitative estimate of drug-likeness (QED) is 0.381. The fourth-order valence-electron chi connectivity index (χ4n) is 5.44. The Hall–Kier alpha value is -3.75. The summed E-state index contributed by atoms with van der Waals surface area (Å²) in [5, 5.41) is 4.35. The Morgan fingerprint density at radius 1 is 1.00 bits per heavy atom. The molecule has 8 heteroatoms. The predicted molar refractivity (Wildman–Crippen MR) is 146 cm³/mol. The first-order chi connectivity index (χ1) is 18.1. The summed E-state index contributed by atoms with van der Waals surface area (Å²) in [6.07, 6.45) is 3.12. The minimum atomic E-state index is -0.255. The highest BCUT2D eigenvalue weighted by Crippen LogP contribution is 2.43. The Balaban J connectivity index is 1.48. The number of thiophene rings is 1. The second-order valence-corrected chi connectivity index (χ2v) is 10.6. The lowest BCUT2D eigenvalue weighted by molar-refractivity contribution is 0.194. The molecule has 0 aliphatic carbocycles. The lowest BCUT2D eigenvalue weighted by Crippen LogP contribution is -2.38. The number of hydrogen-bond acceptors (Lipinski definition) is 5. The molecule has 2 aliphatic heterocycles. The van der Waals surface area contributed by atoms with Gasteiger partial charge in [-0.3, -0.25) is 0 Å². The van der Waals surface area contributed by atoms with Crippen molar-refractivity contribution in [3.8, 4) is 16.5 Å². The van der Waals surface area contributed by atoms with Gasteiger partial charge in [0.15, 0.2) is 0 Å². The van der Waals surface area contributed by atoms with E-state index in [1.54, 1.807) is 26.4 Å². The summed E-state index contributed by atoms with van der Waals surface area (Å²) in [6.45, 7) is 2.48. The molecule has 4 heterocycles. The SMILES string of the molecule is COc1ccc(OC)c(NC(=O)N2Cc3c(sc4c3CCN(C)C4)-n3cccc3[C@@H]2c2ccccc2)c1. The fourth-order valence-corrected chi connectivity index (χ4v) is 6.88. The van der Waals surface area contributed by atoms with Gasteiger partial charge in [0, 0.05) is 35.8 Å². The topological polar surface area (TPSA) is 59.0 Å². The van der Waals surface area contributed by atoms with Crippen molar-refractivity contribution in [1.29, 1.82) is 0 Å². The summed E-state index contributed by atoms with van der Waals surface area (Å²) in [6, 6.07) is 19.4. The van der Waals surface area contributed by atoms with Gasteiger partial charge in [-0.2, -0.15) is 0 Å². The van der Waals surface area contributed by atoms with Crippen LogP contribution < -0.4 is 14.8 Å². The van der Waals surface area contributed by atoms with Gasteiger partial charge in [-0.05, 0) is 48.9 Å². The van der Waals surface area contributed by atoms with Crippen LogP contribution in [0.4, 0.5) is 10.5 Å². The van der Waals surface area contributed by atoms with Crippen LogP contribution in [0.15, 0.2) is 66.9 Å². The molecule has 2 aromatic carbocycles. The van der Waals surface area contributed by atoms with E-state index in [4.69, 9.17) is 9.47 Å². The first kappa shape index (κ1) is 23.6. The number of hydrogen-bond donors (Lipinski definition) is 1. The number of nitrogens with one attached hydrogen (secondary N) is 1. The number of nitrogens with zero attached hydrogens (tertiary/aromatic N) is 3. The zero-order valence-electron chi connectivity index (χ0n) is 21.2. The van der Waals surface area contributed by atoms with E-state index in [1.165, 1.54) is 21.0 Å². The Morgan fingerprint density at radius 2 is 1.84 bits per heavy atom. The Kier molecular flexibility index (Phi) is 6.14. The van der Waals surface area contributed by atoms with Gasteiger partial charge in [-0.25, -0.2) is 4.79 Å².